The molecule has 1 atom stereocenters. The van der Waals surface area contributed by atoms with Gasteiger partial charge in [-0.2, -0.15) is 0 Å². The molecule has 0 saturated heterocycles. The van der Waals surface area contributed by atoms with Gasteiger partial charge in [0.15, 0.2) is 0 Å². The molecule has 0 aliphatic heterocycles. The zero-order chi connectivity index (χ0) is 12.8. The molecule has 0 aliphatic carbocycles. The van der Waals surface area contributed by atoms with Crippen LogP contribution in [0.4, 0.5) is 5.69 Å². The van der Waals surface area contributed by atoms with Crippen molar-refractivity contribution in [1.82, 2.24) is 0 Å². The fraction of sp³-hybridized carbons (Fsp3) is 0.333. The Morgan fingerprint density at radius 3 is 2.29 bits per heavy atom. The van der Waals surface area contributed by atoms with E-state index >= 15 is 0 Å². The lowest BCUT2D eigenvalue weighted by Crippen LogP contribution is -2.35. The summed E-state index contributed by atoms with van der Waals surface area (Å²) < 4.78 is 0. The van der Waals surface area contributed by atoms with E-state index in [1.165, 1.54) is 0 Å². The molecule has 5 nitrogen and oxygen atoms in total. The van der Waals surface area contributed by atoms with Crippen LogP contribution in [0, 0.1) is 5.92 Å². The van der Waals surface area contributed by atoms with Gasteiger partial charge in [0.25, 0.3) is 0 Å². The second kappa shape index (κ2) is 5.89. The van der Waals surface area contributed by atoms with Crippen LogP contribution in [0.3, 0.4) is 0 Å². The predicted molar refractivity (Wildman–Crippen MR) is 63.1 cm³/mol. The third kappa shape index (κ3) is 4.14. The molecule has 0 heterocycles. The number of para-hydroxylation sites is 1. The number of carboxylic acids is 2. The largest absolute Gasteiger partial charge is 0.481 e. The number of nitrogens with zero attached hydrogens (tertiary/aromatic N) is 1. The maximum atomic E-state index is 10.8. The maximum Gasteiger partial charge on any atom is 0.323 e. The minimum Gasteiger partial charge on any atom is -0.481 e. The van der Waals surface area contributed by atoms with Crippen molar-refractivity contribution in [3.63, 3.8) is 0 Å². The molecule has 5 heteroatoms. The molecule has 0 bridgehead atoms. The average Bonchev–Trinajstić information content (AvgIpc) is 2.28. The number of aliphatic carboxylic acids is 2. The third-order valence-corrected chi connectivity index (χ3v) is 2.36. The summed E-state index contributed by atoms with van der Waals surface area (Å²) in [6.45, 7) is 1.52. The highest BCUT2D eigenvalue weighted by atomic mass is 16.4. The van der Waals surface area contributed by atoms with Gasteiger partial charge in [-0.05, 0) is 12.1 Å². The van der Waals surface area contributed by atoms with Crippen LogP contribution in [0.15, 0.2) is 30.3 Å². The molecule has 1 rings (SSSR count). The molecule has 2 N–H and O–H groups in total. The van der Waals surface area contributed by atoms with E-state index in [0.717, 1.165) is 0 Å². The summed E-state index contributed by atoms with van der Waals surface area (Å²) in [6, 6.07) is 8.92. The van der Waals surface area contributed by atoms with Gasteiger partial charge in [0.05, 0.1) is 5.92 Å². The minimum absolute atomic E-state index is 0.172. The molecule has 0 aliphatic rings. The van der Waals surface area contributed by atoms with Crippen molar-refractivity contribution in [3.8, 4) is 0 Å². The van der Waals surface area contributed by atoms with Crippen LogP contribution in [0.5, 0.6) is 0 Å². The highest BCUT2D eigenvalue weighted by molar-refractivity contribution is 5.75. The molecule has 0 radical (unpaired) electrons. The van der Waals surface area contributed by atoms with Crippen molar-refractivity contribution in [2.45, 2.75) is 6.92 Å². The first kappa shape index (κ1) is 13.0. The maximum absolute atomic E-state index is 10.8. The van der Waals surface area contributed by atoms with Gasteiger partial charge in [0.1, 0.15) is 6.54 Å². The summed E-state index contributed by atoms with van der Waals surface area (Å²) in [6.07, 6.45) is 0. The summed E-state index contributed by atoms with van der Waals surface area (Å²) in [5.41, 5.74) is 0.711. The van der Waals surface area contributed by atoms with Gasteiger partial charge >= 0.3 is 11.9 Å². The van der Waals surface area contributed by atoms with Gasteiger partial charge in [-0.1, -0.05) is 25.1 Å². The van der Waals surface area contributed by atoms with Gasteiger partial charge in [-0.15, -0.1) is 0 Å². The Hall–Kier alpha value is -2.04. The van der Waals surface area contributed by atoms with E-state index in [-0.39, 0.29) is 13.1 Å². The Morgan fingerprint density at radius 2 is 1.82 bits per heavy atom. The summed E-state index contributed by atoms with van der Waals surface area (Å²) >= 11 is 0. The van der Waals surface area contributed by atoms with Crippen LogP contribution in [-0.4, -0.2) is 35.2 Å². The van der Waals surface area contributed by atoms with E-state index in [9.17, 15) is 9.59 Å². The first-order valence-electron chi connectivity index (χ1n) is 5.25. The van der Waals surface area contributed by atoms with Crippen molar-refractivity contribution < 1.29 is 19.8 Å². The zero-order valence-electron chi connectivity index (χ0n) is 9.54. The van der Waals surface area contributed by atoms with Crippen molar-refractivity contribution in [1.29, 1.82) is 0 Å². The number of rotatable bonds is 6. The molecule has 17 heavy (non-hydrogen) atoms. The number of carboxylic acid groups (broad SMARTS) is 2. The number of hydrogen-bond acceptors (Lipinski definition) is 3. The molecule has 1 aromatic carbocycles. The smallest absolute Gasteiger partial charge is 0.323 e. The van der Waals surface area contributed by atoms with E-state index in [1.807, 2.05) is 6.07 Å². The Labute approximate surface area is 99.3 Å². The quantitative estimate of drug-likeness (QED) is 0.779. The Morgan fingerprint density at radius 1 is 1.24 bits per heavy atom. The molecule has 0 fully saturated rings. The average molecular weight is 237 g/mol. The summed E-state index contributed by atoms with van der Waals surface area (Å²) in [5, 5.41) is 17.6. The Kier molecular flexibility index (Phi) is 4.51. The normalized spacial score (nSPS) is 11.8. The van der Waals surface area contributed by atoms with Crippen molar-refractivity contribution in [2.75, 3.05) is 18.0 Å². The van der Waals surface area contributed by atoms with E-state index in [1.54, 1.807) is 36.1 Å². The second-order valence-corrected chi connectivity index (χ2v) is 3.85. The van der Waals surface area contributed by atoms with Gasteiger partial charge in [0.2, 0.25) is 0 Å². The third-order valence-electron chi connectivity index (χ3n) is 2.36. The molecule has 92 valence electrons. The van der Waals surface area contributed by atoms with Crippen LogP contribution in [-0.2, 0) is 9.59 Å². The lowest BCUT2D eigenvalue weighted by atomic mass is 10.1. The van der Waals surface area contributed by atoms with Crippen molar-refractivity contribution in [3.05, 3.63) is 30.3 Å². The standard InChI is InChI=1S/C12H15NO4/c1-9(12(16)17)7-13(8-11(14)15)10-5-3-2-4-6-10/h2-6,9H,7-8H2,1H3,(H,14,15)(H,16,17). The SMILES string of the molecule is CC(CN(CC(=O)O)c1ccccc1)C(=O)O. The van der Waals surface area contributed by atoms with Gasteiger partial charge in [0, 0.05) is 12.2 Å². The van der Waals surface area contributed by atoms with E-state index < -0.39 is 17.9 Å². The molecule has 0 aromatic heterocycles. The fourth-order valence-electron chi connectivity index (χ4n) is 1.47. The molecular formula is C12H15NO4. The van der Waals surface area contributed by atoms with Crippen LogP contribution < -0.4 is 4.90 Å². The zero-order valence-corrected chi connectivity index (χ0v) is 9.54. The van der Waals surface area contributed by atoms with Crippen molar-refractivity contribution >= 4 is 17.6 Å². The summed E-state index contributed by atoms with van der Waals surface area (Å²) in [4.78, 5) is 23.1. The molecule has 0 spiro atoms. The number of benzene rings is 1. The van der Waals surface area contributed by atoms with Crippen LogP contribution >= 0.6 is 0 Å². The van der Waals surface area contributed by atoms with Crippen LogP contribution in [0.2, 0.25) is 0 Å². The summed E-state index contributed by atoms with van der Waals surface area (Å²) in [5.74, 6) is -2.53. The van der Waals surface area contributed by atoms with Crippen molar-refractivity contribution in [2.24, 2.45) is 5.92 Å². The molecule has 0 amide bonds. The van der Waals surface area contributed by atoms with E-state index in [2.05, 4.69) is 0 Å². The second-order valence-electron chi connectivity index (χ2n) is 3.85. The highest BCUT2D eigenvalue weighted by Gasteiger charge is 2.18. The topological polar surface area (TPSA) is 77.8 Å². The van der Waals surface area contributed by atoms with E-state index in [0.29, 0.717) is 5.69 Å². The first-order valence-corrected chi connectivity index (χ1v) is 5.25. The highest BCUT2D eigenvalue weighted by Crippen LogP contribution is 2.14. The van der Waals surface area contributed by atoms with E-state index in [4.69, 9.17) is 10.2 Å². The molecule has 1 aromatic rings. The fourth-order valence-corrected chi connectivity index (χ4v) is 1.47. The van der Waals surface area contributed by atoms with Gasteiger partial charge < -0.3 is 15.1 Å². The monoisotopic (exact) mass is 237 g/mol. The first-order chi connectivity index (χ1) is 8.00. The Balaban J connectivity index is 2.81. The van der Waals surface area contributed by atoms with Gasteiger partial charge in [-0.3, -0.25) is 9.59 Å². The predicted octanol–water partition coefficient (Wildman–Crippen LogP) is 1.30. The van der Waals surface area contributed by atoms with Crippen LogP contribution in [0.1, 0.15) is 6.92 Å². The molecule has 0 saturated carbocycles. The summed E-state index contributed by atoms with van der Waals surface area (Å²) in [7, 11) is 0. The number of anilines is 1. The van der Waals surface area contributed by atoms with Crippen LogP contribution in [0.25, 0.3) is 0 Å². The Bertz CT molecular complexity index is 391. The lowest BCUT2D eigenvalue weighted by molar-refractivity contribution is -0.141. The minimum atomic E-state index is -0.980. The van der Waals surface area contributed by atoms with Gasteiger partial charge in [-0.25, -0.2) is 0 Å². The molecular weight excluding hydrogens is 222 g/mol. The number of hydrogen-bond donors (Lipinski definition) is 2. The molecule has 1 unspecified atom stereocenters. The number of carbonyl (C=O) groups is 2. The lowest BCUT2D eigenvalue weighted by Gasteiger charge is -2.24.